The molecule has 4 heteroatoms. The molecule has 1 aromatic carbocycles. The van der Waals surface area contributed by atoms with E-state index in [0.717, 1.165) is 15.6 Å². The number of nitrogens with zero attached hydrogens (tertiary/aromatic N) is 2. The van der Waals surface area contributed by atoms with E-state index in [1.165, 1.54) is 5.56 Å². The molecule has 3 rings (SSSR count). The van der Waals surface area contributed by atoms with Crippen LogP contribution in [0, 0.1) is 0 Å². The average molecular weight is 244 g/mol. The quantitative estimate of drug-likeness (QED) is 0.682. The highest BCUT2D eigenvalue weighted by Gasteiger charge is 2.06. The second kappa shape index (κ2) is 4.15. The fourth-order valence-corrected chi connectivity index (χ4v) is 2.93. The van der Waals surface area contributed by atoms with Crippen LogP contribution in [0.15, 0.2) is 47.4 Å². The van der Waals surface area contributed by atoms with Crippen molar-refractivity contribution in [2.75, 3.05) is 0 Å². The number of thiazole rings is 2. The van der Waals surface area contributed by atoms with E-state index in [-0.39, 0.29) is 0 Å². The number of benzene rings is 1. The minimum absolute atomic E-state index is 1.02. The predicted molar refractivity (Wildman–Crippen MR) is 68.7 cm³/mol. The molecule has 2 nitrogen and oxygen atoms in total. The van der Waals surface area contributed by atoms with Crippen LogP contribution in [0.5, 0.6) is 0 Å². The maximum atomic E-state index is 4.61. The minimum Gasteiger partial charge on any atom is -0.252 e. The van der Waals surface area contributed by atoms with Crippen molar-refractivity contribution in [1.82, 2.24) is 9.97 Å². The lowest BCUT2D eigenvalue weighted by molar-refractivity contribution is 1.38. The SMILES string of the molecule is c1ccc(-c2nc(-c3cncs3)cs2)cc1. The summed E-state index contributed by atoms with van der Waals surface area (Å²) in [5.41, 5.74) is 4.02. The van der Waals surface area contributed by atoms with Crippen LogP contribution in [-0.2, 0) is 0 Å². The lowest BCUT2D eigenvalue weighted by Crippen LogP contribution is -1.75. The standard InChI is InChI=1S/C12H8N2S2/c1-2-4-9(5-3-1)12-14-10(7-15-12)11-6-13-8-16-11/h1-8H. The van der Waals surface area contributed by atoms with Gasteiger partial charge in [0.15, 0.2) is 0 Å². The fourth-order valence-electron chi connectivity index (χ4n) is 1.44. The van der Waals surface area contributed by atoms with Crippen molar-refractivity contribution in [3.8, 4) is 21.1 Å². The van der Waals surface area contributed by atoms with Crippen molar-refractivity contribution in [3.63, 3.8) is 0 Å². The van der Waals surface area contributed by atoms with Gasteiger partial charge >= 0.3 is 0 Å². The van der Waals surface area contributed by atoms with Crippen LogP contribution in [-0.4, -0.2) is 9.97 Å². The average Bonchev–Trinajstić information content (AvgIpc) is 3.01. The zero-order chi connectivity index (χ0) is 10.8. The highest BCUT2D eigenvalue weighted by molar-refractivity contribution is 7.15. The Labute approximate surface area is 101 Å². The molecule has 78 valence electrons. The Bertz CT molecular complexity index is 570. The van der Waals surface area contributed by atoms with Gasteiger partial charge in [0.25, 0.3) is 0 Å². The van der Waals surface area contributed by atoms with E-state index in [0.29, 0.717) is 0 Å². The summed E-state index contributed by atoms with van der Waals surface area (Å²) in [6.45, 7) is 0. The highest BCUT2D eigenvalue weighted by atomic mass is 32.1. The Balaban J connectivity index is 2.00. The van der Waals surface area contributed by atoms with Crippen molar-refractivity contribution >= 4 is 22.7 Å². The molecule has 0 aliphatic heterocycles. The molecule has 0 aliphatic carbocycles. The summed E-state index contributed by atoms with van der Waals surface area (Å²) in [5, 5.41) is 3.14. The largest absolute Gasteiger partial charge is 0.252 e. The van der Waals surface area contributed by atoms with Crippen molar-refractivity contribution < 1.29 is 0 Å². The molecule has 0 spiro atoms. The van der Waals surface area contributed by atoms with Gasteiger partial charge in [-0.1, -0.05) is 30.3 Å². The third-order valence-electron chi connectivity index (χ3n) is 2.21. The Morgan fingerprint density at radius 3 is 2.62 bits per heavy atom. The first kappa shape index (κ1) is 9.69. The van der Waals surface area contributed by atoms with Gasteiger partial charge in [-0.25, -0.2) is 4.98 Å². The molecule has 0 bridgehead atoms. The predicted octanol–water partition coefficient (Wildman–Crippen LogP) is 3.93. The van der Waals surface area contributed by atoms with Gasteiger partial charge in [-0.2, -0.15) is 0 Å². The molecule has 2 aromatic heterocycles. The molecule has 0 saturated heterocycles. The Hall–Kier alpha value is -1.52. The van der Waals surface area contributed by atoms with E-state index in [2.05, 4.69) is 27.5 Å². The Morgan fingerprint density at radius 2 is 1.88 bits per heavy atom. The first-order valence-electron chi connectivity index (χ1n) is 4.83. The van der Waals surface area contributed by atoms with Crippen molar-refractivity contribution in [2.24, 2.45) is 0 Å². The molecule has 0 N–H and O–H groups in total. The minimum atomic E-state index is 1.02. The van der Waals surface area contributed by atoms with E-state index < -0.39 is 0 Å². The second-order valence-electron chi connectivity index (χ2n) is 3.27. The molecule has 0 saturated carbocycles. The number of hydrogen-bond donors (Lipinski definition) is 0. The van der Waals surface area contributed by atoms with Gasteiger partial charge in [0, 0.05) is 17.1 Å². The van der Waals surface area contributed by atoms with E-state index in [4.69, 9.17) is 0 Å². The van der Waals surface area contributed by atoms with E-state index in [1.807, 2.05) is 29.9 Å². The van der Waals surface area contributed by atoms with Gasteiger partial charge in [-0.3, -0.25) is 4.98 Å². The summed E-state index contributed by atoms with van der Waals surface area (Å²) < 4.78 is 0. The normalized spacial score (nSPS) is 10.5. The van der Waals surface area contributed by atoms with Crippen LogP contribution >= 0.6 is 22.7 Å². The number of rotatable bonds is 2. The Morgan fingerprint density at radius 1 is 1.00 bits per heavy atom. The maximum absolute atomic E-state index is 4.61. The lowest BCUT2D eigenvalue weighted by atomic mass is 10.2. The fraction of sp³-hybridized carbons (Fsp3) is 0. The van der Waals surface area contributed by atoms with Crippen molar-refractivity contribution in [1.29, 1.82) is 0 Å². The summed E-state index contributed by atoms with van der Waals surface area (Å²) >= 11 is 3.29. The molecule has 0 amide bonds. The van der Waals surface area contributed by atoms with Crippen LogP contribution < -0.4 is 0 Å². The van der Waals surface area contributed by atoms with E-state index in [9.17, 15) is 0 Å². The summed E-state index contributed by atoms with van der Waals surface area (Å²) in [6, 6.07) is 10.2. The first-order valence-corrected chi connectivity index (χ1v) is 6.59. The summed E-state index contributed by atoms with van der Waals surface area (Å²) in [6.07, 6.45) is 1.86. The molecule has 0 radical (unpaired) electrons. The maximum Gasteiger partial charge on any atom is 0.124 e. The monoisotopic (exact) mass is 244 g/mol. The zero-order valence-corrected chi connectivity index (χ0v) is 9.96. The van der Waals surface area contributed by atoms with Crippen LogP contribution in [0.25, 0.3) is 21.1 Å². The van der Waals surface area contributed by atoms with Gasteiger partial charge in [0.05, 0.1) is 16.1 Å². The second-order valence-corrected chi connectivity index (χ2v) is 5.01. The van der Waals surface area contributed by atoms with Crippen LogP contribution in [0.4, 0.5) is 0 Å². The van der Waals surface area contributed by atoms with E-state index >= 15 is 0 Å². The number of aromatic nitrogens is 2. The van der Waals surface area contributed by atoms with Crippen LogP contribution in [0.2, 0.25) is 0 Å². The molecule has 0 aliphatic rings. The molecule has 3 aromatic rings. The van der Waals surface area contributed by atoms with Crippen LogP contribution in [0.3, 0.4) is 0 Å². The van der Waals surface area contributed by atoms with Crippen molar-refractivity contribution in [3.05, 3.63) is 47.4 Å². The summed E-state index contributed by atoms with van der Waals surface area (Å²) in [7, 11) is 0. The highest BCUT2D eigenvalue weighted by Crippen LogP contribution is 2.30. The van der Waals surface area contributed by atoms with E-state index in [1.54, 1.807) is 22.7 Å². The van der Waals surface area contributed by atoms with Gasteiger partial charge in [-0.15, -0.1) is 22.7 Å². The van der Waals surface area contributed by atoms with Crippen molar-refractivity contribution in [2.45, 2.75) is 0 Å². The molecule has 16 heavy (non-hydrogen) atoms. The Kier molecular flexibility index (Phi) is 2.52. The van der Waals surface area contributed by atoms with Gasteiger partial charge < -0.3 is 0 Å². The number of hydrogen-bond acceptors (Lipinski definition) is 4. The molecular formula is C12H8N2S2. The summed E-state index contributed by atoms with van der Waals surface area (Å²) in [5.74, 6) is 0. The third kappa shape index (κ3) is 1.77. The lowest BCUT2D eigenvalue weighted by Gasteiger charge is -1.93. The first-order chi connectivity index (χ1) is 7.93. The summed E-state index contributed by atoms with van der Waals surface area (Å²) in [4.78, 5) is 9.80. The smallest absolute Gasteiger partial charge is 0.124 e. The molecule has 0 fully saturated rings. The zero-order valence-electron chi connectivity index (χ0n) is 8.33. The molecule has 0 unspecified atom stereocenters. The molecular weight excluding hydrogens is 236 g/mol. The van der Waals surface area contributed by atoms with Gasteiger partial charge in [0.2, 0.25) is 0 Å². The van der Waals surface area contributed by atoms with Gasteiger partial charge in [-0.05, 0) is 0 Å². The molecule has 0 atom stereocenters. The molecule has 2 heterocycles. The third-order valence-corrected chi connectivity index (χ3v) is 3.90. The topological polar surface area (TPSA) is 25.8 Å². The van der Waals surface area contributed by atoms with Gasteiger partial charge in [0.1, 0.15) is 5.01 Å². The van der Waals surface area contributed by atoms with Crippen LogP contribution in [0.1, 0.15) is 0 Å².